The molecule has 0 aromatic heterocycles. The van der Waals surface area contributed by atoms with Crippen LogP contribution in [0.3, 0.4) is 0 Å². The van der Waals surface area contributed by atoms with E-state index in [1.54, 1.807) is 7.11 Å². The quantitative estimate of drug-likeness (QED) is 0.690. The molecule has 0 saturated carbocycles. The summed E-state index contributed by atoms with van der Waals surface area (Å²) in [5.41, 5.74) is 12.2. The van der Waals surface area contributed by atoms with Crippen molar-refractivity contribution in [3.8, 4) is 11.5 Å². The number of ether oxygens (including phenoxy) is 2. The van der Waals surface area contributed by atoms with Crippen LogP contribution in [-0.2, 0) is 6.61 Å². The summed E-state index contributed by atoms with van der Waals surface area (Å²) in [6.45, 7) is 0.512. The Morgan fingerprint density at radius 3 is 2.60 bits per heavy atom. The van der Waals surface area contributed by atoms with Gasteiger partial charge in [0.1, 0.15) is 6.61 Å². The summed E-state index contributed by atoms with van der Waals surface area (Å²) in [6, 6.07) is 22.2. The number of rotatable bonds is 2. The van der Waals surface area contributed by atoms with E-state index in [1.807, 2.05) is 36.4 Å². The van der Waals surface area contributed by atoms with E-state index in [0.29, 0.717) is 6.61 Å². The maximum absolute atomic E-state index is 6.10. The molecule has 1 aliphatic rings. The Morgan fingerprint density at radius 2 is 1.76 bits per heavy atom. The molecule has 1 aliphatic heterocycles. The zero-order valence-electron chi connectivity index (χ0n) is 14.0. The smallest absolute Gasteiger partial charge is 0.169 e. The van der Waals surface area contributed by atoms with Crippen molar-refractivity contribution in [3.63, 3.8) is 0 Å². The van der Waals surface area contributed by atoms with Crippen molar-refractivity contribution in [2.24, 2.45) is 0 Å². The maximum Gasteiger partial charge on any atom is 0.169 e. The number of methoxy groups -OCH3 is 1. The van der Waals surface area contributed by atoms with Crippen molar-refractivity contribution in [2.45, 2.75) is 6.61 Å². The number of anilines is 1. The third-order valence-corrected chi connectivity index (χ3v) is 4.39. The van der Waals surface area contributed by atoms with E-state index in [1.165, 1.54) is 0 Å². The number of fused-ring (bicyclic) bond motifs is 2. The predicted molar refractivity (Wildman–Crippen MR) is 102 cm³/mol. The average Bonchev–Trinajstić information content (AvgIpc) is 2.79. The Bertz CT molecular complexity index is 960. The fourth-order valence-electron chi connectivity index (χ4n) is 3.21. The molecule has 0 aliphatic carbocycles. The number of benzene rings is 3. The third kappa shape index (κ3) is 2.85. The van der Waals surface area contributed by atoms with Gasteiger partial charge in [-0.05, 0) is 46.5 Å². The Morgan fingerprint density at radius 1 is 0.960 bits per heavy atom. The maximum atomic E-state index is 6.10. The van der Waals surface area contributed by atoms with E-state index in [0.717, 1.165) is 45.0 Å². The molecule has 4 rings (SSSR count). The molecule has 0 atom stereocenters. The van der Waals surface area contributed by atoms with Gasteiger partial charge in [-0.15, -0.1) is 0 Å². The zero-order valence-corrected chi connectivity index (χ0v) is 14.0. The third-order valence-electron chi connectivity index (χ3n) is 4.39. The Hall–Kier alpha value is -3.20. The average molecular weight is 329 g/mol. The van der Waals surface area contributed by atoms with Crippen LogP contribution in [0.15, 0.2) is 66.7 Å². The van der Waals surface area contributed by atoms with Gasteiger partial charge in [-0.1, -0.05) is 48.5 Å². The molecule has 0 saturated heterocycles. The lowest BCUT2D eigenvalue weighted by atomic mass is 9.92. The van der Waals surface area contributed by atoms with Crippen molar-refractivity contribution < 1.29 is 9.47 Å². The van der Waals surface area contributed by atoms with E-state index in [4.69, 9.17) is 15.2 Å². The van der Waals surface area contributed by atoms with Gasteiger partial charge in [0, 0.05) is 11.3 Å². The van der Waals surface area contributed by atoms with Crippen LogP contribution in [0.25, 0.3) is 11.6 Å². The van der Waals surface area contributed by atoms with Crippen LogP contribution < -0.4 is 15.2 Å². The molecule has 1 heterocycles. The first-order chi connectivity index (χ1) is 12.3. The lowest BCUT2D eigenvalue weighted by Crippen LogP contribution is -1.97. The zero-order chi connectivity index (χ0) is 17.2. The molecule has 0 unspecified atom stereocenters. The number of para-hydroxylation sites is 1. The second-order valence-corrected chi connectivity index (χ2v) is 6.01. The fraction of sp³-hybridized carbons (Fsp3) is 0.0909. The molecule has 25 heavy (non-hydrogen) atoms. The summed E-state index contributed by atoms with van der Waals surface area (Å²) in [4.78, 5) is 0. The SMILES string of the molecule is COc1cccc2c1OCc1ccccc1/C2=C\c1cccc(N)c1. The van der Waals surface area contributed by atoms with Gasteiger partial charge < -0.3 is 15.2 Å². The first-order valence-electron chi connectivity index (χ1n) is 8.22. The summed E-state index contributed by atoms with van der Waals surface area (Å²) in [5, 5.41) is 0. The molecule has 3 nitrogen and oxygen atoms in total. The van der Waals surface area contributed by atoms with Crippen LogP contribution >= 0.6 is 0 Å². The molecule has 3 aromatic rings. The highest BCUT2D eigenvalue weighted by atomic mass is 16.5. The predicted octanol–water partition coefficient (Wildman–Crippen LogP) is 4.76. The van der Waals surface area contributed by atoms with E-state index < -0.39 is 0 Å². The second kappa shape index (κ2) is 6.36. The largest absolute Gasteiger partial charge is 0.493 e. The highest BCUT2D eigenvalue weighted by Crippen LogP contribution is 2.42. The minimum absolute atomic E-state index is 0.512. The van der Waals surface area contributed by atoms with Gasteiger partial charge in [0.15, 0.2) is 11.5 Å². The van der Waals surface area contributed by atoms with Gasteiger partial charge in [-0.25, -0.2) is 0 Å². The number of nitrogens with two attached hydrogens (primary N) is 1. The van der Waals surface area contributed by atoms with Crippen molar-refractivity contribution in [1.82, 2.24) is 0 Å². The van der Waals surface area contributed by atoms with Crippen LogP contribution in [0.4, 0.5) is 5.69 Å². The topological polar surface area (TPSA) is 44.5 Å². The van der Waals surface area contributed by atoms with E-state index in [2.05, 4.69) is 36.4 Å². The standard InChI is InChI=1S/C22H19NO2/c1-24-21-11-5-10-19-20(13-15-6-4-8-17(23)12-15)18-9-3-2-7-16(18)14-25-22(19)21/h2-13H,14,23H2,1H3/b20-13+. The Labute approximate surface area is 147 Å². The Balaban J connectivity index is 1.98. The summed E-state index contributed by atoms with van der Waals surface area (Å²) in [6.07, 6.45) is 2.15. The minimum Gasteiger partial charge on any atom is -0.493 e. The normalized spacial score (nSPS) is 14.2. The molecular weight excluding hydrogens is 310 g/mol. The highest BCUT2D eigenvalue weighted by molar-refractivity contribution is 5.95. The number of hydrogen-bond acceptors (Lipinski definition) is 3. The molecule has 0 bridgehead atoms. The van der Waals surface area contributed by atoms with Gasteiger partial charge in [0.2, 0.25) is 0 Å². The van der Waals surface area contributed by atoms with Crippen LogP contribution in [0.5, 0.6) is 11.5 Å². The van der Waals surface area contributed by atoms with E-state index in [-0.39, 0.29) is 0 Å². The molecule has 3 aromatic carbocycles. The summed E-state index contributed by atoms with van der Waals surface area (Å²) in [5.74, 6) is 1.51. The summed E-state index contributed by atoms with van der Waals surface area (Å²) < 4.78 is 11.6. The molecule has 0 amide bonds. The van der Waals surface area contributed by atoms with Crippen molar-refractivity contribution in [1.29, 1.82) is 0 Å². The van der Waals surface area contributed by atoms with Gasteiger partial charge in [-0.2, -0.15) is 0 Å². The van der Waals surface area contributed by atoms with E-state index in [9.17, 15) is 0 Å². The van der Waals surface area contributed by atoms with Crippen LogP contribution in [0, 0.1) is 0 Å². The summed E-state index contributed by atoms with van der Waals surface area (Å²) >= 11 is 0. The van der Waals surface area contributed by atoms with Crippen molar-refractivity contribution in [3.05, 3.63) is 89.0 Å². The monoisotopic (exact) mass is 329 g/mol. The van der Waals surface area contributed by atoms with Gasteiger partial charge >= 0.3 is 0 Å². The fourth-order valence-corrected chi connectivity index (χ4v) is 3.21. The number of hydrogen-bond donors (Lipinski definition) is 1. The van der Waals surface area contributed by atoms with Crippen LogP contribution in [0.2, 0.25) is 0 Å². The molecule has 3 heteroatoms. The summed E-state index contributed by atoms with van der Waals surface area (Å²) in [7, 11) is 1.66. The van der Waals surface area contributed by atoms with Crippen molar-refractivity contribution in [2.75, 3.05) is 12.8 Å². The van der Waals surface area contributed by atoms with Crippen molar-refractivity contribution >= 4 is 17.3 Å². The van der Waals surface area contributed by atoms with Gasteiger partial charge in [0.05, 0.1) is 7.11 Å². The van der Waals surface area contributed by atoms with Crippen LogP contribution in [0.1, 0.15) is 22.3 Å². The van der Waals surface area contributed by atoms with E-state index >= 15 is 0 Å². The molecule has 2 N–H and O–H groups in total. The molecule has 0 fully saturated rings. The van der Waals surface area contributed by atoms with Gasteiger partial charge in [0.25, 0.3) is 0 Å². The first-order valence-corrected chi connectivity index (χ1v) is 8.22. The van der Waals surface area contributed by atoms with Crippen LogP contribution in [-0.4, -0.2) is 7.11 Å². The lowest BCUT2D eigenvalue weighted by Gasteiger charge is -2.13. The first kappa shape index (κ1) is 15.3. The molecule has 0 spiro atoms. The number of nitrogen functional groups attached to an aromatic ring is 1. The highest BCUT2D eigenvalue weighted by Gasteiger charge is 2.21. The molecular formula is C22H19NO2. The molecule has 124 valence electrons. The van der Waals surface area contributed by atoms with Gasteiger partial charge in [-0.3, -0.25) is 0 Å². The minimum atomic E-state index is 0.512. The lowest BCUT2D eigenvalue weighted by molar-refractivity contribution is 0.285. The second-order valence-electron chi connectivity index (χ2n) is 6.01. The Kier molecular flexibility index (Phi) is 3.90. The molecule has 0 radical (unpaired) electrons.